The maximum Gasteiger partial charge on any atom is 0.308 e. The third kappa shape index (κ3) is 3.87. The normalized spacial score (nSPS) is 12.4. The fraction of sp³-hybridized carbons (Fsp3) is 0.133. The Morgan fingerprint density at radius 3 is 2.59 bits per heavy atom. The van der Waals surface area contributed by atoms with Crippen molar-refractivity contribution in [2.24, 2.45) is 0 Å². The molecular formula is C15H10Cl3N3O5S. The molecule has 8 nitrogen and oxygen atoms in total. The van der Waals surface area contributed by atoms with Crippen LogP contribution in [-0.4, -0.2) is 23.1 Å². The maximum absolute atomic E-state index is 12.5. The van der Waals surface area contributed by atoms with Crippen molar-refractivity contribution in [1.29, 1.82) is 0 Å². The highest BCUT2D eigenvalue weighted by molar-refractivity contribution is 7.90. The summed E-state index contributed by atoms with van der Waals surface area (Å²) in [6, 6.07) is 10.00. The van der Waals surface area contributed by atoms with Crippen molar-refractivity contribution in [3.8, 4) is 0 Å². The molecule has 0 radical (unpaired) electrons. The topological polar surface area (TPSA) is 104 Å². The van der Waals surface area contributed by atoms with Crippen molar-refractivity contribution in [3.05, 3.63) is 69.4 Å². The van der Waals surface area contributed by atoms with Gasteiger partial charge in [-0.1, -0.05) is 53.0 Å². The summed E-state index contributed by atoms with van der Waals surface area (Å²) >= 11 is 18.0. The summed E-state index contributed by atoms with van der Waals surface area (Å²) < 4.78 is 28.6. The molecule has 0 bridgehead atoms. The largest absolute Gasteiger partial charge is 0.308 e. The van der Waals surface area contributed by atoms with E-state index in [0.29, 0.717) is 10.9 Å². The lowest BCUT2D eigenvalue weighted by atomic mass is 10.2. The second kappa shape index (κ2) is 7.25. The highest BCUT2D eigenvalue weighted by Crippen LogP contribution is 2.43. The first-order valence-electron chi connectivity index (χ1n) is 7.25. The summed E-state index contributed by atoms with van der Waals surface area (Å²) in [5.41, 5.74) is 0.121. The number of rotatable bonds is 6. The van der Waals surface area contributed by atoms with Crippen molar-refractivity contribution in [2.45, 2.75) is 10.4 Å². The van der Waals surface area contributed by atoms with Crippen LogP contribution in [0.3, 0.4) is 0 Å². The van der Waals surface area contributed by atoms with Gasteiger partial charge in [-0.15, -0.1) is 0 Å². The SMILES string of the molecule is O=[N+]([O-])c1ccc2cn(COS(=O)(=O)C(Cl)(Cl)c3ccccc3Cl)nc2c1. The lowest BCUT2D eigenvalue weighted by Crippen LogP contribution is -2.27. The Labute approximate surface area is 168 Å². The minimum atomic E-state index is -4.52. The van der Waals surface area contributed by atoms with Crippen molar-refractivity contribution >= 4 is 61.5 Å². The number of aromatic nitrogens is 2. The van der Waals surface area contributed by atoms with E-state index < -0.39 is 25.4 Å². The van der Waals surface area contributed by atoms with Crippen LogP contribution in [0.25, 0.3) is 10.9 Å². The molecule has 3 rings (SSSR count). The molecule has 2 aromatic carbocycles. The van der Waals surface area contributed by atoms with Gasteiger partial charge >= 0.3 is 10.1 Å². The molecule has 0 N–H and O–H groups in total. The van der Waals surface area contributed by atoms with Crippen LogP contribution in [0, 0.1) is 10.1 Å². The van der Waals surface area contributed by atoms with Crippen LogP contribution in [0.15, 0.2) is 48.7 Å². The zero-order valence-corrected chi connectivity index (χ0v) is 16.3. The van der Waals surface area contributed by atoms with Crippen LogP contribution in [0.2, 0.25) is 5.02 Å². The summed E-state index contributed by atoms with van der Waals surface area (Å²) in [5, 5.41) is 15.5. The molecular weight excluding hydrogens is 441 g/mol. The van der Waals surface area contributed by atoms with E-state index in [-0.39, 0.29) is 16.3 Å². The lowest BCUT2D eigenvalue weighted by Gasteiger charge is -2.20. The number of nitro benzene ring substituents is 1. The summed E-state index contributed by atoms with van der Waals surface area (Å²) in [4.78, 5) is 10.3. The molecule has 0 saturated heterocycles. The smallest absolute Gasteiger partial charge is 0.258 e. The zero-order valence-electron chi connectivity index (χ0n) is 13.3. The number of nitro groups is 1. The van der Waals surface area contributed by atoms with Gasteiger partial charge in [0.05, 0.1) is 10.4 Å². The van der Waals surface area contributed by atoms with Gasteiger partial charge in [0.2, 0.25) is 0 Å². The molecule has 3 aromatic rings. The monoisotopic (exact) mass is 449 g/mol. The molecule has 12 heteroatoms. The number of nitrogens with zero attached hydrogens (tertiary/aromatic N) is 3. The van der Waals surface area contributed by atoms with E-state index in [2.05, 4.69) is 5.10 Å². The Morgan fingerprint density at radius 1 is 1.22 bits per heavy atom. The molecule has 0 atom stereocenters. The van der Waals surface area contributed by atoms with Crippen LogP contribution < -0.4 is 0 Å². The van der Waals surface area contributed by atoms with E-state index in [1.165, 1.54) is 42.6 Å². The van der Waals surface area contributed by atoms with Gasteiger partial charge in [0, 0.05) is 34.3 Å². The minimum Gasteiger partial charge on any atom is -0.258 e. The molecule has 0 spiro atoms. The second-order valence-corrected chi connectivity index (χ2v) is 9.31. The summed E-state index contributed by atoms with van der Waals surface area (Å²) in [6.07, 6.45) is 1.47. The highest BCUT2D eigenvalue weighted by atomic mass is 35.5. The number of halogens is 3. The Balaban J connectivity index is 1.84. The first-order valence-corrected chi connectivity index (χ1v) is 9.79. The van der Waals surface area contributed by atoms with Gasteiger partial charge in [0.1, 0.15) is 0 Å². The Hall–Kier alpha value is -1.91. The lowest BCUT2D eigenvalue weighted by molar-refractivity contribution is -0.384. The maximum atomic E-state index is 12.5. The van der Waals surface area contributed by atoms with E-state index in [1.807, 2.05) is 0 Å². The Kier molecular flexibility index (Phi) is 5.33. The predicted octanol–water partition coefficient (Wildman–Crippen LogP) is 4.19. The van der Waals surface area contributed by atoms with E-state index >= 15 is 0 Å². The van der Waals surface area contributed by atoms with Gasteiger partial charge in [-0.25, -0.2) is 8.86 Å². The van der Waals surface area contributed by atoms with Crippen molar-refractivity contribution in [1.82, 2.24) is 9.78 Å². The quantitative estimate of drug-likeness (QED) is 0.241. The molecule has 0 aliphatic rings. The summed E-state index contributed by atoms with van der Waals surface area (Å²) in [5.74, 6) is 0. The molecule has 1 aromatic heterocycles. The molecule has 0 aliphatic carbocycles. The van der Waals surface area contributed by atoms with E-state index in [0.717, 1.165) is 4.68 Å². The van der Waals surface area contributed by atoms with Gasteiger partial charge in [-0.3, -0.25) is 10.1 Å². The second-order valence-electron chi connectivity index (χ2n) is 5.37. The molecule has 0 fully saturated rings. The zero-order chi connectivity index (χ0) is 19.8. The Morgan fingerprint density at radius 2 is 1.93 bits per heavy atom. The van der Waals surface area contributed by atoms with Crippen LogP contribution in [0.1, 0.15) is 5.56 Å². The van der Waals surface area contributed by atoms with Crippen molar-refractivity contribution < 1.29 is 17.5 Å². The Bertz CT molecular complexity index is 1130. The van der Waals surface area contributed by atoms with Crippen LogP contribution in [0.5, 0.6) is 0 Å². The first-order chi connectivity index (χ1) is 12.6. The van der Waals surface area contributed by atoms with Gasteiger partial charge in [0.15, 0.2) is 6.73 Å². The average Bonchev–Trinajstić information content (AvgIpc) is 3.02. The molecule has 27 heavy (non-hydrogen) atoms. The standard InChI is InChI=1S/C15H10Cl3N3O5S/c16-13-4-2-1-3-12(13)15(17,18)27(24,25)26-9-20-8-10-5-6-11(21(22)23)7-14(10)19-20/h1-8H,9H2. The number of fused-ring (bicyclic) bond motifs is 1. The molecule has 0 aliphatic heterocycles. The fourth-order valence-corrected chi connectivity index (χ4v) is 4.13. The van der Waals surface area contributed by atoms with Crippen molar-refractivity contribution in [2.75, 3.05) is 0 Å². The number of non-ortho nitro benzene ring substituents is 1. The molecule has 1 heterocycles. The summed E-state index contributed by atoms with van der Waals surface area (Å²) in [6.45, 7) is -0.531. The van der Waals surface area contributed by atoms with Crippen LogP contribution >= 0.6 is 34.8 Å². The number of benzene rings is 2. The molecule has 142 valence electrons. The minimum absolute atomic E-state index is 0.0451. The van der Waals surface area contributed by atoms with Gasteiger partial charge in [-0.05, 0) is 12.1 Å². The third-order valence-corrected chi connectivity index (χ3v) is 6.72. The number of alkyl halides is 2. The average molecular weight is 451 g/mol. The van der Waals surface area contributed by atoms with Gasteiger partial charge < -0.3 is 0 Å². The first kappa shape index (κ1) is 19.8. The predicted molar refractivity (Wildman–Crippen MR) is 101 cm³/mol. The number of hydrogen-bond donors (Lipinski definition) is 0. The molecule has 0 amide bonds. The van der Waals surface area contributed by atoms with E-state index in [4.69, 9.17) is 39.0 Å². The van der Waals surface area contributed by atoms with E-state index in [1.54, 1.807) is 6.07 Å². The van der Waals surface area contributed by atoms with Crippen LogP contribution in [0.4, 0.5) is 5.69 Å². The van der Waals surface area contributed by atoms with Gasteiger partial charge in [-0.2, -0.15) is 13.5 Å². The fourth-order valence-electron chi connectivity index (χ4n) is 2.26. The molecule has 0 saturated carbocycles. The van der Waals surface area contributed by atoms with Crippen LogP contribution in [-0.2, 0) is 24.7 Å². The summed E-state index contributed by atoms with van der Waals surface area (Å²) in [7, 11) is -4.52. The third-order valence-electron chi connectivity index (χ3n) is 3.59. The van der Waals surface area contributed by atoms with Gasteiger partial charge in [0.25, 0.3) is 9.35 Å². The van der Waals surface area contributed by atoms with Crippen molar-refractivity contribution in [3.63, 3.8) is 0 Å². The number of hydrogen-bond acceptors (Lipinski definition) is 6. The molecule has 0 unspecified atom stereocenters. The van der Waals surface area contributed by atoms with E-state index in [9.17, 15) is 18.5 Å². The highest BCUT2D eigenvalue weighted by Gasteiger charge is 2.44.